The van der Waals surface area contributed by atoms with Gasteiger partial charge in [0.1, 0.15) is 5.75 Å². The summed E-state index contributed by atoms with van der Waals surface area (Å²) in [5, 5.41) is 8.90. The Morgan fingerprint density at radius 1 is 0.969 bits per heavy atom. The summed E-state index contributed by atoms with van der Waals surface area (Å²) in [7, 11) is 0. The first-order valence-electron chi connectivity index (χ1n) is 10.6. The summed E-state index contributed by atoms with van der Waals surface area (Å²) in [6.07, 6.45) is 1.02. The van der Waals surface area contributed by atoms with E-state index in [1.807, 2.05) is 73.7 Å². The van der Waals surface area contributed by atoms with Gasteiger partial charge in [-0.1, -0.05) is 60.7 Å². The molecular weight excluding hydrogens is 406 g/mol. The van der Waals surface area contributed by atoms with Gasteiger partial charge in [-0.25, -0.2) is 10.2 Å². The Kier molecular flexibility index (Phi) is 8.20. The zero-order valence-electron chi connectivity index (χ0n) is 18.2. The smallest absolute Gasteiger partial charge is 0.407 e. The van der Waals surface area contributed by atoms with Crippen LogP contribution in [-0.2, 0) is 9.53 Å². The molecule has 0 aliphatic rings. The largest absolute Gasteiger partial charge is 0.493 e. The fraction of sp³-hybridized carbons (Fsp3) is 0.240. The second kappa shape index (κ2) is 11.5. The highest BCUT2D eigenvalue weighted by atomic mass is 16.5. The van der Waals surface area contributed by atoms with Crippen LogP contribution in [0.15, 0.2) is 71.8 Å². The molecular formula is C25H27N3O4. The van der Waals surface area contributed by atoms with Crippen LogP contribution < -0.4 is 15.5 Å². The van der Waals surface area contributed by atoms with Crippen molar-refractivity contribution < 1.29 is 19.1 Å². The van der Waals surface area contributed by atoms with Crippen molar-refractivity contribution in [2.24, 2.45) is 5.10 Å². The van der Waals surface area contributed by atoms with E-state index in [-0.39, 0.29) is 18.9 Å². The lowest BCUT2D eigenvalue weighted by Crippen LogP contribution is -2.33. The number of fused-ring (bicyclic) bond motifs is 1. The number of hydrogen-bond donors (Lipinski definition) is 2. The van der Waals surface area contributed by atoms with Gasteiger partial charge in [-0.2, -0.15) is 5.10 Å². The summed E-state index contributed by atoms with van der Waals surface area (Å²) in [4.78, 5) is 24.5. The fourth-order valence-electron chi connectivity index (χ4n) is 3.34. The zero-order valence-corrected chi connectivity index (χ0v) is 18.2. The predicted molar refractivity (Wildman–Crippen MR) is 125 cm³/mol. The number of nitrogens with one attached hydrogen (secondary N) is 2. The Morgan fingerprint density at radius 2 is 1.72 bits per heavy atom. The quantitative estimate of drug-likeness (QED) is 0.382. The van der Waals surface area contributed by atoms with E-state index in [1.54, 1.807) is 13.1 Å². The van der Waals surface area contributed by atoms with E-state index in [0.717, 1.165) is 21.9 Å². The minimum atomic E-state index is -0.574. The Balaban J connectivity index is 1.74. The summed E-state index contributed by atoms with van der Waals surface area (Å²) in [6, 6.07) is 20.5. The van der Waals surface area contributed by atoms with Crippen molar-refractivity contribution >= 4 is 29.0 Å². The molecule has 0 bridgehead atoms. The Labute approximate surface area is 187 Å². The van der Waals surface area contributed by atoms with Crippen molar-refractivity contribution in [2.45, 2.75) is 26.3 Å². The number of nitrogens with zero attached hydrogens (tertiary/aromatic N) is 1. The molecule has 2 N–H and O–H groups in total. The predicted octanol–water partition coefficient (Wildman–Crippen LogP) is 4.57. The van der Waals surface area contributed by atoms with Crippen LogP contribution in [0.2, 0.25) is 0 Å². The molecule has 0 spiro atoms. The van der Waals surface area contributed by atoms with Crippen LogP contribution in [0.25, 0.3) is 10.8 Å². The number of hydrazone groups is 1. The summed E-state index contributed by atoms with van der Waals surface area (Å²) in [6.45, 7) is 4.40. The van der Waals surface area contributed by atoms with Crippen LogP contribution in [0.3, 0.4) is 0 Å². The van der Waals surface area contributed by atoms with Gasteiger partial charge in [0, 0.05) is 5.56 Å². The molecule has 2 amide bonds. The minimum Gasteiger partial charge on any atom is -0.493 e. The number of benzene rings is 3. The second-order valence-electron chi connectivity index (χ2n) is 6.96. The second-order valence-corrected chi connectivity index (χ2v) is 6.96. The van der Waals surface area contributed by atoms with Gasteiger partial charge in [-0.3, -0.25) is 4.79 Å². The van der Waals surface area contributed by atoms with Crippen molar-refractivity contribution in [3.05, 3.63) is 77.9 Å². The molecule has 0 heterocycles. The molecule has 0 radical (unpaired) electrons. The van der Waals surface area contributed by atoms with Crippen molar-refractivity contribution in [3.63, 3.8) is 0 Å². The summed E-state index contributed by atoms with van der Waals surface area (Å²) >= 11 is 0. The average molecular weight is 434 g/mol. The lowest BCUT2D eigenvalue weighted by Gasteiger charge is -2.18. The van der Waals surface area contributed by atoms with Gasteiger partial charge in [0.2, 0.25) is 5.91 Å². The number of alkyl carbamates (subject to hydrolysis) is 1. The van der Waals surface area contributed by atoms with Crippen LogP contribution >= 0.6 is 0 Å². The standard InChI is InChI=1S/C25H27N3O4/c1-3-31-23-15-14-18-10-8-9-13-20(18)21(23)17-26-28-24(29)16-22(27-25(30)32-4-2)19-11-6-5-7-12-19/h5-15,17,22H,3-4,16H2,1-2H3,(H,27,30)(H,28,29)/b26-17-/t22-/m1/s1. The van der Waals surface area contributed by atoms with Gasteiger partial charge in [0.25, 0.3) is 0 Å². The van der Waals surface area contributed by atoms with Gasteiger partial charge in [-0.05, 0) is 36.2 Å². The minimum absolute atomic E-state index is 0.00796. The van der Waals surface area contributed by atoms with E-state index in [2.05, 4.69) is 15.8 Å². The van der Waals surface area contributed by atoms with Crippen LogP contribution in [0, 0.1) is 0 Å². The number of rotatable bonds is 9. The maximum Gasteiger partial charge on any atom is 0.407 e. The molecule has 0 unspecified atom stereocenters. The van der Waals surface area contributed by atoms with Crippen LogP contribution in [0.1, 0.15) is 37.4 Å². The van der Waals surface area contributed by atoms with Crippen molar-refractivity contribution in [1.82, 2.24) is 10.7 Å². The first-order valence-corrected chi connectivity index (χ1v) is 10.6. The van der Waals surface area contributed by atoms with Crippen LogP contribution in [0.5, 0.6) is 5.75 Å². The number of amides is 2. The Hall–Kier alpha value is -3.87. The van der Waals surface area contributed by atoms with E-state index >= 15 is 0 Å². The molecule has 0 aromatic heterocycles. The summed E-state index contributed by atoms with van der Waals surface area (Å²) < 4.78 is 10.7. The molecule has 0 fully saturated rings. The third-order valence-corrected chi connectivity index (χ3v) is 4.77. The van der Waals surface area contributed by atoms with E-state index < -0.39 is 12.1 Å². The highest BCUT2D eigenvalue weighted by Gasteiger charge is 2.19. The third kappa shape index (κ3) is 6.07. The maximum atomic E-state index is 12.6. The molecule has 3 rings (SSSR count). The molecule has 166 valence electrons. The molecule has 0 aliphatic carbocycles. The fourth-order valence-corrected chi connectivity index (χ4v) is 3.34. The molecule has 7 heteroatoms. The highest BCUT2D eigenvalue weighted by Crippen LogP contribution is 2.26. The SMILES string of the molecule is CCOC(=O)N[C@H](CC(=O)N/N=C\c1c(OCC)ccc2ccccc12)c1ccccc1. The maximum absolute atomic E-state index is 12.6. The van der Waals surface area contributed by atoms with Gasteiger partial charge in [0.05, 0.1) is 31.9 Å². The summed E-state index contributed by atoms with van der Waals surface area (Å²) in [5.74, 6) is 0.348. The third-order valence-electron chi connectivity index (χ3n) is 4.77. The van der Waals surface area contributed by atoms with Gasteiger partial charge < -0.3 is 14.8 Å². The van der Waals surface area contributed by atoms with Gasteiger partial charge in [-0.15, -0.1) is 0 Å². The van der Waals surface area contributed by atoms with E-state index in [9.17, 15) is 9.59 Å². The van der Waals surface area contributed by atoms with E-state index in [0.29, 0.717) is 12.4 Å². The van der Waals surface area contributed by atoms with Crippen molar-refractivity contribution in [1.29, 1.82) is 0 Å². The van der Waals surface area contributed by atoms with Crippen LogP contribution in [-0.4, -0.2) is 31.4 Å². The van der Waals surface area contributed by atoms with Crippen molar-refractivity contribution in [2.75, 3.05) is 13.2 Å². The molecule has 0 saturated carbocycles. The summed E-state index contributed by atoms with van der Waals surface area (Å²) in [5.41, 5.74) is 4.14. The molecule has 1 atom stereocenters. The Bertz CT molecular complexity index is 1080. The molecule has 3 aromatic carbocycles. The number of carbonyl (C=O) groups is 2. The number of ether oxygens (including phenoxy) is 2. The lowest BCUT2D eigenvalue weighted by atomic mass is 10.0. The Morgan fingerprint density at radius 3 is 2.47 bits per heavy atom. The first-order chi connectivity index (χ1) is 15.6. The zero-order chi connectivity index (χ0) is 22.8. The average Bonchev–Trinajstić information content (AvgIpc) is 2.80. The van der Waals surface area contributed by atoms with Gasteiger partial charge in [0.15, 0.2) is 0 Å². The number of carbonyl (C=O) groups excluding carboxylic acids is 2. The normalized spacial score (nSPS) is 11.8. The molecule has 32 heavy (non-hydrogen) atoms. The topological polar surface area (TPSA) is 89.0 Å². The van der Waals surface area contributed by atoms with Crippen LogP contribution in [0.4, 0.5) is 4.79 Å². The first kappa shape index (κ1) is 22.8. The molecule has 0 aliphatic heterocycles. The highest BCUT2D eigenvalue weighted by molar-refractivity contribution is 6.02. The monoisotopic (exact) mass is 433 g/mol. The van der Waals surface area contributed by atoms with Crippen molar-refractivity contribution in [3.8, 4) is 5.75 Å². The molecule has 3 aromatic rings. The lowest BCUT2D eigenvalue weighted by molar-refractivity contribution is -0.121. The van der Waals surface area contributed by atoms with E-state index in [1.165, 1.54) is 0 Å². The molecule has 0 saturated heterocycles. The molecule has 7 nitrogen and oxygen atoms in total. The van der Waals surface area contributed by atoms with Gasteiger partial charge >= 0.3 is 6.09 Å². The van der Waals surface area contributed by atoms with E-state index in [4.69, 9.17) is 9.47 Å². The number of hydrogen-bond acceptors (Lipinski definition) is 5.